The maximum Gasteiger partial charge on any atom is 0.0759 e. The smallest absolute Gasteiger partial charge is 0.0759 e. The van der Waals surface area contributed by atoms with Crippen molar-refractivity contribution in [2.45, 2.75) is 26.7 Å². The summed E-state index contributed by atoms with van der Waals surface area (Å²) in [5, 5.41) is 1.85. The van der Waals surface area contributed by atoms with Gasteiger partial charge in [-0.05, 0) is 24.0 Å². The predicted molar refractivity (Wildman–Crippen MR) is 91.0 cm³/mol. The molecule has 2 aromatic carbocycles. The second-order valence-electron chi connectivity index (χ2n) is 5.66. The van der Waals surface area contributed by atoms with E-state index >= 15 is 0 Å². The molecule has 0 N–H and O–H groups in total. The monoisotopic (exact) mass is 295 g/mol. The molecule has 0 atom stereocenters. The molecule has 0 radical (unpaired) electrons. The lowest BCUT2D eigenvalue weighted by Crippen LogP contribution is -1.97. The van der Waals surface area contributed by atoms with Gasteiger partial charge in [0, 0.05) is 10.9 Å². The zero-order valence-corrected chi connectivity index (χ0v) is 13.3. The van der Waals surface area contributed by atoms with E-state index in [0.717, 1.165) is 32.7 Å². The summed E-state index contributed by atoms with van der Waals surface area (Å²) < 4.78 is 0. The van der Waals surface area contributed by atoms with E-state index in [4.69, 9.17) is 16.6 Å². The van der Waals surface area contributed by atoms with Crippen LogP contribution in [0.4, 0.5) is 0 Å². The number of rotatable bonds is 2. The number of aromatic nitrogens is 1. The summed E-state index contributed by atoms with van der Waals surface area (Å²) in [5.74, 6) is 0.420. The normalized spacial score (nSPS) is 11.3. The van der Waals surface area contributed by atoms with E-state index in [2.05, 4.69) is 44.2 Å². The minimum atomic E-state index is 0.420. The van der Waals surface area contributed by atoms with Crippen molar-refractivity contribution in [3.05, 3.63) is 64.7 Å². The first-order chi connectivity index (χ1) is 10.1. The Morgan fingerprint density at radius 2 is 1.67 bits per heavy atom. The minimum absolute atomic E-state index is 0.420. The molecule has 0 unspecified atom stereocenters. The summed E-state index contributed by atoms with van der Waals surface area (Å²) in [4.78, 5) is 4.94. The molecule has 0 spiro atoms. The molecular weight excluding hydrogens is 278 g/mol. The average molecular weight is 296 g/mol. The Balaban J connectivity index is 2.37. The van der Waals surface area contributed by atoms with E-state index in [1.807, 2.05) is 25.1 Å². The van der Waals surface area contributed by atoms with Crippen LogP contribution in [0.25, 0.3) is 22.2 Å². The number of halogens is 1. The van der Waals surface area contributed by atoms with Crippen molar-refractivity contribution in [1.82, 2.24) is 4.98 Å². The third kappa shape index (κ3) is 2.43. The van der Waals surface area contributed by atoms with Crippen molar-refractivity contribution >= 4 is 22.5 Å². The highest BCUT2D eigenvalue weighted by molar-refractivity contribution is 6.36. The molecule has 1 nitrogen and oxygen atoms in total. The fraction of sp³-hybridized carbons (Fsp3) is 0.211. The molecule has 0 fully saturated rings. The average Bonchev–Trinajstić information content (AvgIpc) is 2.51. The van der Waals surface area contributed by atoms with E-state index in [1.54, 1.807) is 0 Å². The SMILES string of the molecule is Cc1c(-c2ccccc2)nc2c(C(C)C)cccc2c1Cl. The molecule has 0 aliphatic heterocycles. The fourth-order valence-electron chi connectivity index (χ4n) is 2.71. The van der Waals surface area contributed by atoms with E-state index in [-0.39, 0.29) is 0 Å². The van der Waals surface area contributed by atoms with E-state index in [1.165, 1.54) is 5.56 Å². The van der Waals surface area contributed by atoms with Gasteiger partial charge in [0.15, 0.2) is 0 Å². The van der Waals surface area contributed by atoms with Crippen LogP contribution in [-0.4, -0.2) is 4.98 Å². The summed E-state index contributed by atoms with van der Waals surface area (Å²) >= 11 is 6.62. The van der Waals surface area contributed by atoms with Gasteiger partial charge in [-0.25, -0.2) is 4.98 Å². The highest BCUT2D eigenvalue weighted by Gasteiger charge is 2.15. The molecule has 1 aromatic heterocycles. The molecule has 3 aromatic rings. The molecule has 21 heavy (non-hydrogen) atoms. The standard InChI is InChI=1S/C19H18ClN/c1-12(2)15-10-7-11-16-17(20)13(3)18(21-19(15)16)14-8-5-4-6-9-14/h4-12H,1-3H3. The highest BCUT2D eigenvalue weighted by atomic mass is 35.5. The van der Waals surface area contributed by atoms with E-state index < -0.39 is 0 Å². The Kier molecular flexibility index (Phi) is 3.69. The number of pyridine rings is 1. The van der Waals surface area contributed by atoms with E-state index in [9.17, 15) is 0 Å². The van der Waals surface area contributed by atoms with Crippen LogP contribution in [0.2, 0.25) is 5.02 Å². The Morgan fingerprint density at radius 1 is 0.952 bits per heavy atom. The molecule has 0 saturated heterocycles. The molecule has 0 aliphatic rings. The minimum Gasteiger partial charge on any atom is -0.247 e. The van der Waals surface area contributed by atoms with Crippen LogP contribution in [0.3, 0.4) is 0 Å². The maximum absolute atomic E-state index is 6.62. The molecule has 0 aliphatic carbocycles. The van der Waals surface area contributed by atoms with E-state index in [0.29, 0.717) is 5.92 Å². The van der Waals surface area contributed by atoms with Gasteiger partial charge in [-0.15, -0.1) is 0 Å². The Hall–Kier alpha value is -1.86. The van der Waals surface area contributed by atoms with Gasteiger partial charge in [-0.3, -0.25) is 0 Å². The summed E-state index contributed by atoms with van der Waals surface area (Å²) in [5.41, 5.74) is 5.38. The van der Waals surface area contributed by atoms with Crippen molar-refractivity contribution in [2.75, 3.05) is 0 Å². The lowest BCUT2D eigenvalue weighted by molar-refractivity contribution is 0.873. The molecule has 3 rings (SSSR count). The van der Waals surface area contributed by atoms with Crippen molar-refractivity contribution in [3.8, 4) is 11.3 Å². The number of hydrogen-bond acceptors (Lipinski definition) is 1. The number of fused-ring (bicyclic) bond motifs is 1. The Bertz CT molecular complexity index is 792. The summed E-state index contributed by atoms with van der Waals surface area (Å²) in [6, 6.07) is 16.5. The zero-order valence-electron chi connectivity index (χ0n) is 12.5. The first kappa shape index (κ1) is 14.1. The number of hydrogen-bond donors (Lipinski definition) is 0. The second kappa shape index (κ2) is 5.50. The first-order valence-corrected chi connectivity index (χ1v) is 7.61. The molecule has 2 heteroatoms. The Morgan fingerprint density at radius 3 is 2.33 bits per heavy atom. The third-order valence-corrected chi connectivity index (χ3v) is 4.37. The maximum atomic E-state index is 6.62. The largest absolute Gasteiger partial charge is 0.247 e. The number of benzene rings is 2. The quantitative estimate of drug-likeness (QED) is 0.566. The third-order valence-electron chi connectivity index (χ3n) is 3.88. The van der Waals surface area contributed by atoms with Crippen LogP contribution in [0.5, 0.6) is 0 Å². The molecule has 106 valence electrons. The number of nitrogens with zero attached hydrogens (tertiary/aromatic N) is 1. The van der Waals surface area contributed by atoms with Gasteiger partial charge in [0.1, 0.15) is 0 Å². The molecular formula is C19H18ClN. The molecule has 0 bridgehead atoms. The second-order valence-corrected chi connectivity index (χ2v) is 6.04. The predicted octanol–water partition coefficient (Wildman–Crippen LogP) is 5.99. The van der Waals surface area contributed by atoms with Gasteiger partial charge in [0.2, 0.25) is 0 Å². The lowest BCUT2D eigenvalue weighted by atomic mass is 9.97. The highest BCUT2D eigenvalue weighted by Crippen LogP contribution is 2.35. The lowest BCUT2D eigenvalue weighted by Gasteiger charge is -2.14. The van der Waals surface area contributed by atoms with Gasteiger partial charge in [-0.1, -0.05) is 74.0 Å². The van der Waals surface area contributed by atoms with Gasteiger partial charge in [0.25, 0.3) is 0 Å². The van der Waals surface area contributed by atoms with Crippen molar-refractivity contribution < 1.29 is 0 Å². The van der Waals surface area contributed by atoms with Gasteiger partial charge < -0.3 is 0 Å². The molecule has 1 heterocycles. The molecule has 0 saturated carbocycles. The Labute approximate surface area is 130 Å². The van der Waals surface area contributed by atoms with Crippen LogP contribution in [0.15, 0.2) is 48.5 Å². The van der Waals surface area contributed by atoms with Gasteiger partial charge >= 0.3 is 0 Å². The van der Waals surface area contributed by atoms with Gasteiger partial charge in [0.05, 0.1) is 16.2 Å². The zero-order chi connectivity index (χ0) is 15.0. The van der Waals surface area contributed by atoms with Crippen molar-refractivity contribution in [2.24, 2.45) is 0 Å². The summed E-state index contributed by atoms with van der Waals surface area (Å²) in [6.45, 7) is 6.41. The summed E-state index contributed by atoms with van der Waals surface area (Å²) in [6.07, 6.45) is 0. The first-order valence-electron chi connectivity index (χ1n) is 7.23. The van der Waals surface area contributed by atoms with Crippen molar-refractivity contribution in [3.63, 3.8) is 0 Å². The van der Waals surface area contributed by atoms with Crippen LogP contribution in [-0.2, 0) is 0 Å². The van der Waals surface area contributed by atoms with Crippen LogP contribution >= 0.6 is 11.6 Å². The topological polar surface area (TPSA) is 12.9 Å². The van der Waals surface area contributed by atoms with Crippen LogP contribution < -0.4 is 0 Å². The van der Waals surface area contributed by atoms with Crippen LogP contribution in [0.1, 0.15) is 30.9 Å². The van der Waals surface area contributed by atoms with Crippen molar-refractivity contribution in [1.29, 1.82) is 0 Å². The molecule has 0 amide bonds. The summed E-state index contributed by atoms with van der Waals surface area (Å²) in [7, 11) is 0. The van der Waals surface area contributed by atoms with Gasteiger partial charge in [-0.2, -0.15) is 0 Å². The van der Waals surface area contributed by atoms with Crippen LogP contribution in [0, 0.1) is 6.92 Å². The fourth-order valence-corrected chi connectivity index (χ4v) is 2.95. The number of para-hydroxylation sites is 1.